The fraction of sp³-hybridized carbons (Fsp3) is 0.300. The number of aliphatic carboxylic acids is 1. The van der Waals surface area contributed by atoms with Gasteiger partial charge in [-0.25, -0.2) is 8.42 Å². The molecule has 0 aliphatic carbocycles. The van der Waals surface area contributed by atoms with Gasteiger partial charge in [0.1, 0.15) is 5.75 Å². The van der Waals surface area contributed by atoms with Crippen LogP contribution in [0.4, 0.5) is 5.69 Å². The summed E-state index contributed by atoms with van der Waals surface area (Å²) in [6.45, 7) is 1.54. The van der Waals surface area contributed by atoms with E-state index < -0.39 is 33.4 Å². The van der Waals surface area contributed by atoms with E-state index in [1.807, 2.05) is 30.3 Å². The molecule has 0 bridgehead atoms. The predicted molar refractivity (Wildman–Crippen MR) is 105 cm³/mol. The minimum absolute atomic E-state index is 0.0641. The lowest BCUT2D eigenvalue weighted by molar-refractivity contribution is -0.138. The zero-order chi connectivity index (χ0) is 19.9. The van der Waals surface area contributed by atoms with Crippen molar-refractivity contribution in [1.29, 1.82) is 0 Å². The number of aryl methyl sites for hydroxylation is 1. The van der Waals surface area contributed by atoms with Crippen LogP contribution in [0.15, 0.2) is 54.6 Å². The highest BCUT2D eigenvalue weighted by atomic mass is 32.2. The van der Waals surface area contributed by atoms with Gasteiger partial charge in [0.05, 0.1) is 11.7 Å². The van der Waals surface area contributed by atoms with Crippen LogP contribution in [-0.2, 0) is 25.8 Å². The molecule has 0 radical (unpaired) electrons. The maximum atomic E-state index is 12.1. The van der Waals surface area contributed by atoms with E-state index in [1.165, 1.54) is 0 Å². The van der Waals surface area contributed by atoms with Crippen LogP contribution in [0.2, 0.25) is 0 Å². The van der Waals surface area contributed by atoms with Crippen molar-refractivity contribution in [2.45, 2.75) is 25.7 Å². The second-order valence-electron chi connectivity index (χ2n) is 6.41. The Kier molecular flexibility index (Phi) is 7.12. The number of anilines is 1. The number of rotatable bonds is 9. The van der Waals surface area contributed by atoms with E-state index in [9.17, 15) is 18.0 Å². The van der Waals surface area contributed by atoms with Crippen molar-refractivity contribution < 1.29 is 23.1 Å². The van der Waals surface area contributed by atoms with Gasteiger partial charge in [-0.2, -0.15) is 0 Å². The van der Waals surface area contributed by atoms with E-state index in [-0.39, 0.29) is 5.75 Å². The molecule has 7 heteroatoms. The molecule has 0 saturated heterocycles. The summed E-state index contributed by atoms with van der Waals surface area (Å²) in [5.41, 5.74) is 1.97. The summed E-state index contributed by atoms with van der Waals surface area (Å²) in [5, 5.41) is 11.6. The zero-order valence-electron chi connectivity index (χ0n) is 15.1. The molecule has 6 nitrogen and oxygen atoms in total. The Morgan fingerprint density at radius 1 is 1.07 bits per heavy atom. The van der Waals surface area contributed by atoms with E-state index in [2.05, 4.69) is 5.32 Å². The topological polar surface area (TPSA) is 101 Å². The molecule has 2 N–H and O–H groups in total. The molecule has 0 fully saturated rings. The van der Waals surface area contributed by atoms with Gasteiger partial charge in [-0.05, 0) is 43.0 Å². The largest absolute Gasteiger partial charge is 0.481 e. The third-order valence-electron chi connectivity index (χ3n) is 4.16. The first-order valence-electron chi connectivity index (χ1n) is 8.64. The third-order valence-corrected chi connectivity index (χ3v) is 5.77. The second kappa shape index (κ2) is 9.32. The standard InChI is InChI=1S/C20H23NO5S/c1-15(20(23)24)17-10-5-11-18(13-17)21-19(22)14-27(25,26)12-6-9-16-7-3-2-4-8-16/h2-5,7-8,10-11,13,15H,6,9,12,14H2,1H3,(H,21,22)(H,23,24). The molecule has 0 aliphatic rings. The first-order valence-corrected chi connectivity index (χ1v) is 10.5. The van der Waals surface area contributed by atoms with E-state index in [1.54, 1.807) is 31.2 Å². The van der Waals surface area contributed by atoms with Crippen molar-refractivity contribution in [2.24, 2.45) is 0 Å². The smallest absolute Gasteiger partial charge is 0.310 e. The summed E-state index contributed by atoms with van der Waals surface area (Å²) in [5.74, 6) is -2.98. The molecule has 0 saturated carbocycles. The maximum absolute atomic E-state index is 12.1. The van der Waals surface area contributed by atoms with E-state index >= 15 is 0 Å². The monoisotopic (exact) mass is 389 g/mol. The molecule has 0 spiro atoms. The Bertz CT molecular complexity index is 894. The molecule has 1 amide bonds. The van der Waals surface area contributed by atoms with Crippen LogP contribution >= 0.6 is 0 Å². The van der Waals surface area contributed by atoms with E-state index in [0.717, 1.165) is 5.56 Å². The van der Waals surface area contributed by atoms with Crippen molar-refractivity contribution in [3.63, 3.8) is 0 Å². The highest BCUT2D eigenvalue weighted by molar-refractivity contribution is 7.92. The van der Waals surface area contributed by atoms with Gasteiger partial charge in [0.2, 0.25) is 5.91 Å². The fourth-order valence-electron chi connectivity index (χ4n) is 2.64. The Labute approximate surface area is 159 Å². The lowest BCUT2D eigenvalue weighted by Gasteiger charge is -2.10. The van der Waals surface area contributed by atoms with Gasteiger partial charge < -0.3 is 10.4 Å². The highest BCUT2D eigenvalue weighted by Crippen LogP contribution is 2.19. The summed E-state index contributed by atoms with van der Waals surface area (Å²) >= 11 is 0. The normalized spacial score (nSPS) is 12.3. The van der Waals surface area contributed by atoms with Crippen molar-refractivity contribution in [3.05, 3.63) is 65.7 Å². The van der Waals surface area contributed by atoms with Gasteiger partial charge in [0, 0.05) is 5.69 Å². The molecule has 0 aromatic heterocycles. The zero-order valence-corrected chi connectivity index (χ0v) is 15.9. The summed E-state index contributed by atoms with van der Waals surface area (Å²) in [7, 11) is -3.52. The van der Waals surface area contributed by atoms with Crippen LogP contribution in [0.1, 0.15) is 30.4 Å². The van der Waals surface area contributed by atoms with Gasteiger partial charge >= 0.3 is 5.97 Å². The first kappa shape index (κ1) is 20.6. The minimum Gasteiger partial charge on any atom is -0.481 e. The molecule has 144 valence electrons. The van der Waals surface area contributed by atoms with Crippen LogP contribution in [0.25, 0.3) is 0 Å². The fourth-order valence-corrected chi connectivity index (χ4v) is 3.84. The van der Waals surface area contributed by atoms with Crippen LogP contribution in [0.3, 0.4) is 0 Å². The van der Waals surface area contributed by atoms with Crippen LogP contribution in [-0.4, -0.2) is 36.9 Å². The number of carboxylic acid groups (broad SMARTS) is 1. The number of benzene rings is 2. The molecule has 1 unspecified atom stereocenters. The lowest BCUT2D eigenvalue weighted by Crippen LogP contribution is -2.25. The van der Waals surface area contributed by atoms with Gasteiger partial charge in [-0.15, -0.1) is 0 Å². The van der Waals surface area contributed by atoms with Crippen LogP contribution in [0.5, 0.6) is 0 Å². The third kappa shape index (κ3) is 6.86. The number of carbonyl (C=O) groups is 2. The highest BCUT2D eigenvalue weighted by Gasteiger charge is 2.18. The van der Waals surface area contributed by atoms with Gasteiger partial charge in [-0.1, -0.05) is 42.5 Å². The summed E-state index contributed by atoms with van der Waals surface area (Å²) in [4.78, 5) is 23.1. The molecule has 2 aromatic rings. The Morgan fingerprint density at radius 2 is 1.78 bits per heavy atom. The summed E-state index contributed by atoms with van der Waals surface area (Å²) in [6, 6.07) is 16.0. The molecular weight excluding hydrogens is 366 g/mol. The average Bonchev–Trinajstić information content (AvgIpc) is 2.61. The number of sulfone groups is 1. The minimum atomic E-state index is -3.52. The predicted octanol–water partition coefficient (Wildman–Crippen LogP) is 2.86. The Hall–Kier alpha value is -2.67. The average molecular weight is 389 g/mol. The van der Waals surface area contributed by atoms with Gasteiger partial charge in [0.25, 0.3) is 0 Å². The maximum Gasteiger partial charge on any atom is 0.310 e. The second-order valence-corrected chi connectivity index (χ2v) is 8.60. The Morgan fingerprint density at radius 3 is 2.44 bits per heavy atom. The molecule has 1 atom stereocenters. The van der Waals surface area contributed by atoms with Gasteiger partial charge in [-0.3, -0.25) is 9.59 Å². The van der Waals surface area contributed by atoms with Crippen molar-refractivity contribution in [1.82, 2.24) is 0 Å². The lowest BCUT2D eigenvalue weighted by atomic mass is 10.0. The quantitative estimate of drug-likeness (QED) is 0.687. The molecule has 2 rings (SSSR count). The molecular formula is C20H23NO5S. The molecule has 27 heavy (non-hydrogen) atoms. The first-order chi connectivity index (χ1) is 12.8. The number of nitrogens with one attached hydrogen (secondary N) is 1. The number of hydrogen-bond donors (Lipinski definition) is 2. The number of amides is 1. The Balaban J connectivity index is 1.88. The summed E-state index contributed by atoms with van der Waals surface area (Å²) in [6.07, 6.45) is 1.09. The molecule has 0 aliphatic heterocycles. The summed E-state index contributed by atoms with van der Waals surface area (Å²) < 4.78 is 24.3. The van der Waals surface area contributed by atoms with Crippen molar-refractivity contribution >= 4 is 27.4 Å². The van der Waals surface area contributed by atoms with Crippen LogP contribution in [0, 0.1) is 0 Å². The number of carboxylic acids is 1. The molecule has 2 aromatic carbocycles. The van der Waals surface area contributed by atoms with Crippen molar-refractivity contribution in [2.75, 3.05) is 16.8 Å². The molecule has 0 heterocycles. The number of carbonyl (C=O) groups excluding carboxylic acids is 1. The number of hydrogen-bond acceptors (Lipinski definition) is 4. The van der Waals surface area contributed by atoms with Crippen molar-refractivity contribution in [3.8, 4) is 0 Å². The SMILES string of the molecule is CC(C(=O)O)c1cccc(NC(=O)CS(=O)(=O)CCCc2ccccc2)c1. The van der Waals surface area contributed by atoms with Crippen LogP contribution < -0.4 is 5.32 Å². The van der Waals surface area contributed by atoms with E-state index in [4.69, 9.17) is 5.11 Å². The van der Waals surface area contributed by atoms with Gasteiger partial charge in [0.15, 0.2) is 9.84 Å². The van der Waals surface area contributed by atoms with E-state index in [0.29, 0.717) is 24.1 Å².